The average molecular weight is 777 g/mol. The zero-order chi connectivity index (χ0) is 38.9. The molecule has 3 aliphatic heterocycles. The molecule has 2 aromatic heterocycles. The number of halogens is 1. The molecule has 56 heavy (non-hydrogen) atoms. The van der Waals surface area contributed by atoms with Gasteiger partial charge in [-0.2, -0.15) is 5.10 Å². The summed E-state index contributed by atoms with van der Waals surface area (Å²) in [4.78, 5) is 74.8. The summed E-state index contributed by atoms with van der Waals surface area (Å²) >= 11 is 1.20. The molecule has 5 amide bonds. The molecule has 14 nitrogen and oxygen atoms in total. The van der Waals surface area contributed by atoms with Crippen LogP contribution in [-0.4, -0.2) is 84.0 Å². The van der Waals surface area contributed by atoms with Crippen molar-refractivity contribution in [3.8, 4) is 22.8 Å². The highest BCUT2D eigenvalue weighted by molar-refractivity contribution is 7.99. The van der Waals surface area contributed by atoms with Crippen LogP contribution in [0.3, 0.4) is 0 Å². The summed E-state index contributed by atoms with van der Waals surface area (Å²) in [5, 5.41) is 7.81. The molecule has 2 fully saturated rings. The number of para-hydroxylation sites is 1. The molecular weight excluding hydrogens is 740 g/mol. The van der Waals surface area contributed by atoms with Gasteiger partial charge >= 0.3 is 0 Å². The standard InChI is InChI=1S/C40H37FN8O6S/c41-29-20-27-28(40(54)48(39(27)53)30-13-14-32(50)45-38(30)52)21-31(29)56-19-5-4-8-33(51)47-17-15-24(16-18-47)49-37-34(36(42)43-22-44-37)35(46-49)23-9-11-26(12-10-23)55-25-6-2-1-3-7-25/h1-3,6-7,9-12,20-22,24,30H,4-5,8,13-19H2,(H2,42,43,44)(H,45,50,52). The third kappa shape index (κ3) is 7.19. The van der Waals surface area contributed by atoms with Crippen molar-refractivity contribution in [2.24, 2.45) is 0 Å². The number of hydrogen-bond donors (Lipinski definition) is 2. The van der Waals surface area contributed by atoms with Gasteiger partial charge in [-0.3, -0.25) is 34.2 Å². The summed E-state index contributed by atoms with van der Waals surface area (Å²) in [6.45, 7) is 1.12. The molecule has 0 spiro atoms. The number of aromatic nitrogens is 4. The maximum Gasteiger partial charge on any atom is 0.262 e. The molecule has 16 heteroatoms. The lowest BCUT2D eigenvalue weighted by Gasteiger charge is -2.32. The first-order chi connectivity index (χ1) is 27.2. The molecule has 2 saturated heterocycles. The van der Waals surface area contributed by atoms with Gasteiger partial charge in [0.05, 0.1) is 22.6 Å². The van der Waals surface area contributed by atoms with Crippen LogP contribution in [0.5, 0.6) is 11.5 Å². The molecule has 286 valence electrons. The Morgan fingerprint density at radius 1 is 0.911 bits per heavy atom. The number of carbonyl (C=O) groups excluding carboxylic acids is 5. The Balaban J connectivity index is 0.837. The van der Waals surface area contributed by atoms with Gasteiger partial charge < -0.3 is 15.4 Å². The number of carbonyl (C=O) groups is 5. The number of nitrogen functional groups attached to an aromatic ring is 1. The Hall–Kier alpha value is -6.16. The van der Waals surface area contributed by atoms with Gasteiger partial charge in [-0.25, -0.2) is 19.0 Å². The minimum absolute atomic E-state index is 0.00126. The Bertz CT molecular complexity index is 2360. The van der Waals surface area contributed by atoms with E-state index < -0.39 is 35.5 Å². The van der Waals surface area contributed by atoms with Crippen molar-refractivity contribution >= 4 is 58.1 Å². The number of nitrogens with two attached hydrogens (primary N) is 1. The second-order valence-electron chi connectivity index (χ2n) is 13.9. The summed E-state index contributed by atoms with van der Waals surface area (Å²) in [7, 11) is 0. The SMILES string of the molecule is Nc1ncnc2c1c(-c1ccc(Oc3ccccc3)cc1)nn2C1CCN(C(=O)CCCCSc2cc3c(cc2F)C(=O)N(C2CCC(=O)NC2=O)C3=O)CC1. The van der Waals surface area contributed by atoms with Gasteiger partial charge in [-0.15, -0.1) is 11.8 Å². The maximum atomic E-state index is 15.0. The van der Waals surface area contributed by atoms with Crippen molar-refractivity contribution in [1.82, 2.24) is 34.9 Å². The van der Waals surface area contributed by atoms with E-state index in [-0.39, 0.29) is 40.8 Å². The van der Waals surface area contributed by atoms with E-state index in [1.807, 2.05) is 64.2 Å². The number of nitrogens with one attached hydrogen (secondary N) is 1. The van der Waals surface area contributed by atoms with Crippen molar-refractivity contribution in [2.75, 3.05) is 24.6 Å². The highest BCUT2D eigenvalue weighted by Gasteiger charge is 2.45. The Morgan fingerprint density at radius 3 is 2.36 bits per heavy atom. The molecule has 3 N–H and O–H groups in total. The average Bonchev–Trinajstić information content (AvgIpc) is 3.70. The summed E-state index contributed by atoms with van der Waals surface area (Å²) < 4.78 is 22.9. The predicted octanol–water partition coefficient (Wildman–Crippen LogP) is 5.53. The number of hydrogen-bond acceptors (Lipinski definition) is 11. The number of rotatable bonds is 11. The predicted molar refractivity (Wildman–Crippen MR) is 204 cm³/mol. The smallest absolute Gasteiger partial charge is 0.262 e. The molecule has 1 atom stereocenters. The summed E-state index contributed by atoms with van der Waals surface area (Å²) in [5.74, 6) is -0.968. The highest BCUT2D eigenvalue weighted by Crippen LogP contribution is 2.36. The lowest BCUT2D eigenvalue weighted by atomic mass is 10.0. The van der Waals surface area contributed by atoms with Gasteiger partial charge in [0.2, 0.25) is 17.7 Å². The molecule has 0 aliphatic carbocycles. The highest BCUT2D eigenvalue weighted by atomic mass is 32.2. The number of anilines is 1. The van der Waals surface area contributed by atoms with Gasteiger partial charge in [0.1, 0.15) is 41.2 Å². The van der Waals surface area contributed by atoms with Gasteiger partial charge in [0.15, 0.2) is 5.65 Å². The number of thioether (sulfide) groups is 1. The molecule has 0 saturated carbocycles. The topological polar surface area (TPSA) is 183 Å². The van der Waals surface area contributed by atoms with E-state index in [0.29, 0.717) is 79.2 Å². The second-order valence-corrected chi connectivity index (χ2v) is 15.0. The molecule has 3 aromatic carbocycles. The molecule has 0 radical (unpaired) electrons. The first-order valence-electron chi connectivity index (χ1n) is 18.4. The number of fused-ring (bicyclic) bond motifs is 2. The van der Waals surface area contributed by atoms with Gasteiger partial charge in [-0.1, -0.05) is 18.2 Å². The minimum Gasteiger partial charge on any atom is -0.457 e. The summed E-state index contributed by atoms with van der Waals surface area (Å²) in [6, 6.07) is 18.4. The van der Waals surface area contributed by atoms with Crippen molar-refractivity contribution < 1.29 is 33.1 Å². The van der Waals surface area contributed by atoms with E-state index in [4.69, 9.17) is 15.6 Å². The van der Waals surface area contributed by atoms with E-state index >= 15 is 4.39 Å². The number of amides is 5. The van der Waals surface area contributed by atoms with Crippen LogP contribution in [0.4, 0.5) is 10.2 Å². The maximum absolute atomic E-state index is 15.0. The number of benzene rings is 3. The Kier molecular flexibility index (Phi) is 10.2. The van der Waals surface area contributed by atoms with Crippen molar-refractivity contribution in [3.63, 3.8) is 0 Å². The van der Waals surface area contributed by atoms with Crippen LogP contribution in [-0.2, 0) is 14.4 Å². The van der Waals surface area contributed by atoms with Crippen molar-refractivity contribution in [1.29, 1.82) is 0 Å². The molecule has 0 bridgehead atoms. The van der Waals surface area contributed by atoms with E-state index in [2.05, 4.69) is 15.3 Å². The molecule has 8 rings (SSSR count). The number of imide groups is 2. The van der Waals surface area contributed by atoms with Crippen LogP contribution >= 0.6 is 11.8 Å². The summed E-state index contributed by atoms with van der Waals surface area (Å²) in [5.41, 5.74) is 8.45. The number of unbranched alkanes of at least 4 members (excludes halogenated alkanes) is 1. The van der Waals surface area contributed by atoms with Crippen molar-refractivity contribution in [3.05, 3.63) is 90.0 Å². The molecule has 1 unspecified atom stereocenters. The normalized spacial score (nSPS) is 17.4. The van der Waals surface area contributed by atoms with E-state index in [1.54, 1.807) is 0 Å². The number of ether oxygens (including phenoxy) is 1. The van der Waals surface area contributed by atoms with Crippen LogP contribution in [0.15, 0.2) is 78.0 Å². The molecule has 5 heterocycles. The minimum atomic E-state index is -1.12. The fraction of sp³-hybridized carbons (Fsp3) is 0.300. The fourth-order valence-electron chi connectivity index (χ4n) is 7.42. The summed E-state index contributed by atoms with van der Waals surface area (Å²) in [6.07, 6.45) is 4.39. The monoisotopic (exact) mass is 776 g/mol. The number of likely N-dealkylation sites (tertiary alicyclic amines) is 1. The lowest BCUT2D eigenvalue weighted by Crippen LogP contribution is -2.54. The first-order valence-corrected chi connectivity index (χ1v) is 19.4. The van der Waals surface area contributed by atoms with Gasteiger partial charge in [0, 0.05) is 36.4 Å². The first kappa shape index (κ1) is 36.8. The second kappa shape index (κ2) is 15.5. The van der Waals surface area contributed by atoms with Crippen LogP contribution in [0.2, 0.25) is 0 Å². The van der Waals surface area contributed by atoms with Gasteiger partial charge in [0.25, 0.3) is 11.8 Å². The third-order valence-electron chi connectivity index (χ3n) is 10.3. The fourth-order valence-corrected chi connectivity index (χ4v) is 8.38. The van der Waals surface area contributed by atoms with Crippen molar-refractivity contribution in [2.45, 2.75) is 61.9 Å². The largest absolute Gasteiger partial charge is 0.457 e. The third-order valence-corrected chi connectivity index (χ3v) is 11.4. The van der Waals surface area contributed by atoms with Crippen LogP contribution in [0.1, 0.15) is 71.7 Å². The molecular formula is C40H37FN8O6S. The van der Waals surface area contributed by atoms with Crippen LogP contribution in [0.25, 0.3) is 22.3 Å². The van der Waals surface area contributed by atoms with Gasteiger partial charge in [-0.05, 0) is 86.4 Å². The van der Waals surface area contributed by atoms with E-state index in [0.717, 1.165) is 22.3 Å². The quantitative estimate of drug-likeness (QED) is 0.0977. The van der Waals surface area contributed by atoms with E-state index in [9.17, 15) is 24.0 Å². The molecule has 3 aliphatic rings. The van der Waals surface area contributed by atoms with Crippen LogP contribution < -0.4 is 15.8 Å². The Morgan fingerprint density at radius 2 is 1.62 bits per heavy atom. The number of nitrogens with zero attached hydrogens (tertiary/aromatic N) is 6. The van der Waals surface area contributed by atoms with Crippen LogP contribution in [0, 0.1) is 5.82 Å². The van der Waals surface area contributed by atoms with E-state index in [1.165, 1.54) is 24.2 Å². The lowest BCUT2D eigenvalue weighted by molar-refractivity contribution is -0.136. The zero-order valence-corrected chi connectivity index (χ0v) is 31.0. The number of piperidine rings is 2. The zero-order valence-electron chi connectivity index (χ0n) is 30.2. The molecule has 5 aromatic rings. The Labute approximate surface area is 324 Å².